The second-order valence-corrected chi connectivity index (χ2v) is 6.69. The number of anilines is 1. The fraction of sp³-hybridized carbons (Fsp3) is 0.278. The molecule has 0 aliphatic carbocycles. The van der Waals surface area contributed by atoms with Crippen molar-refractivity contribution in [2.75, 3.05) is 12.4 Å². The van der Waals surface area contributed by atoms with Crippen LogP contribution in [0.5, 0.6) is 0 Å². The van der Waals surface area contributed by atoms with Gasteiger partial charge in [-0.1, -0.05) is 0 Å². The Balaban J connectivity index is 1.82. The van der Waals surface area contributed by atoms with Crippen LogP contribution in [-0.2, 0) is 16.5 Å². The molecule has 0 fully saturated rings. The first kappa shape index (κ1) is 20.2. The smallest absolute Gasteiger partial charge is 0.369 e. The standard InChI is InChI=1S/C18H17F3N6O2/c1-17(8-14(28)27(2)16(22)26-17)13-7-11(5-6-23-13)25-15(29)12-4-3-10(9-24-12)18(19,20)21/h3-7,9H,8H2,1-2H3,(H2,22,26)(H,23,25,29). The lowest BCUT2D eigenvalue weighted by Crippen LogP contribution is -2.47. The number of alkyl halides is 3. The Labute approximate surface area is 163 Å². The minimum atomic E-state index is -4.54. The Morgan fingerprint density at radius 1 is 1.28 bits per heavy atom. The summed E-state index contributed by atoms with van der Waals surface area (Å²) in [5.74, 6) is -0.873. The molecule has 11 heteroatoms. The molecule has 0 saturated heterocycles. The Morgan fingerprint density at radius 3 is 2.59 bits per heavy atom. The number of guanidine groups is 1. The summed E-state index contributed by atoms with van der Waals surface area (Å²) in [4.78, 5) is 37.8. The second kappa shape index (κ2) is 7.15. The number of hydrogen-bond acceptors (Lipinski definition) is 6. The van der Waals surface area contributed by atoms with Gasteiger partial charge in [0, 0.05) is 25.1 Å². The number of nitrogens with zero attached hydrogens (tertiary/aromatic N) is 4. The van der Waals surface area contributed by atoms with Crippen molar-refractivity contribution in [3.05, 3.63) is 53.6 Å². The molecule has 29 heavy (non-hydrogen) atoms. The molecule has 1 atom stereocenters. The highest BCUT2D eigenvalue weighted by atomic mass is 19.4. The van der Waals surface area contributed by atoms with Crippen LogP contribution in [0.1, 0.15) is 35.1 Å². The number of halogens is 3. The predicted molar refractivity (Wildman–Crippen MR) is 97.8 cm³/mol. The summed E-state index contributed by atoms with van der Waals surface area (Å²) < 4.78 is 37.8. The molecule has 152 valence electrons. The quantitative estimate of drug-likeness (QED) is 0.811. The Bertz CT molecular complexity index is 990. The van der Waals surface area contributed by atoms with Crippen molar-refractivity contribution < 1.29 is 22.8 Å². The van der Waals surface area contributed by atoms with Gasteiger partial charge in [-0.15, -0.1) is 0 Å². The molecule has 0 radical (unpaired) electrons. The Kier molecular flexibility index (Phi) is 4.99. The number of hydrogen-bond donors (Lipinski definition) is 2. The topological polar surface area (TPSA) is 114 Å². The molecule has 2 aromatic heterocycles. The SMILES string of the molecule is CN1C(=O)CC(C)(c2cc(NC(=O)c3ccc(C(F)(F)F)cn3)ccn2)N=C1N. The van der Waals surface area contributed by atoms with E-state index in [1.165, 1.54) is 30.3 Å². The lowest BCUT2D eigenvalue weighted by Gasteiger charge is -2.32. The van der Waals surface area contributed by atoms with Crippen molar-refractivity contribution in [1.82, 2.24) is 14.9 Å². The van der Waals surface area contributed by atoms with E-state index in [-0.39, 0.29) is 24.0 Å². The molecule has 0 aromatic carbocycles. The summed E-state index contributed by atoms with van der Waals surface area (Å²) in [6.07, 6.45) is -2.49. The van der Waals surface area contributed by atoms with Crippen LogP contribution in [0, 0.1) is 0 Å². The zero-order chi connectivity index (χ0) is 21.4. The third kappa shape index (κ3) is 4.18. The van der Waals surface area contributed by atoms with E-state index in [9.17, 15) is 22.8 Å². The molecular formula is C18H17F3N6O2. The average molecular weight is 406 g/mol. The summed E-state index contributed by atoms with van der Waals surface area (Å²) in [6.45, 7) is 1.69. The molecule has 2 amide bonds. The maximum absolute atomic E-state index is 12.6. The number of carbonyl (C=O) groups excluding carboxylic acids is 2. The monoisotopic (exact) mass is 406 g/mol. The van der Waals surface area contributed by atoms with Gasteiger partial charge in [0.05, 0.1) is 17.7 Å². The predicted octanol–water partition coefficient (Wildman–Crippen LogP) is 2.14. The molecule has 1 unspecified atom stereocenters. The van der Waals surface area contributed by atoms with Crippen molar-refractivity contribution in [3.63, 3.8) is 0 Å². The largest absolute Gasteiger partial charge is 0.417 e. The molecule has 2 aromatic rings. The van der Waals surface area contributed by atoms with Crippen molar-refractivity contribution >= 4 is 23.5 Å². The summed E-state index contributed by atoms with van der Waals surface area (Å²) in [6, 6.07) is 4.79. The molecule has 3 heterocycles. The number of amides is 2. The van der Waals surface area contributed by atoms with E-state index >= 15 is 0 Å². The van der Waals surface area contributed by atoms with E-state index < -0.39 is 23.2 Å². The van der Waals surface area contributed by atoms with Gasteiger partial charge in [-0.2, -0.15) is 13.2 Å². The first-order chi connectivity index (χ1) is 13.5. The fourth-order valence-electron chi connectivity index (χ4n) is 2.75. The van der Waals surface area contributed by atoms with Crippen LogP contribution in [0.4, 0.5) is 18.9 Å². The summed E-state index contributed by atoms with van der Waals surface area (Å²) in [5, 5.41) is 2.55. The summed E-state index contributed by atoms with van der Waals surface area (Å²) >= 11 is 0. The lowest BCUT2D eigenvalue weighted by atomic mass is 9.91. The van der Waals surface area contributed by atoms with Crippen LogP contribution in [0.25, 0.3) is 0 Å². The second-order valence-electron chi connectivity index (χ2n) is 6.69. The van der Waals surface area contributed by atoms with Crippen molar-refractivity contribution in [2.45, 2.75) is 25.1 Å². The van der Waals surface area contributed by atoms with Crippen molar-refractivity contribution in [3.8, 4) is 0 Å². The number of nitrogens with one attached hydrogen (secondary N) is 1. The number of aromatic nitrogens is 2. The van der Waals surface area contributed by atoms with E-state index in [1.54, 1.807) is 6.92 Å². The van der Waals surface area contributed by atoms with Crippen LogP contribution < -0.4 is 11.1 Å². The van der Waals surface area contributed by atoms with E-state index in [2.05, 4.69) is 20.3 Å². The van der Waals surface area contributed by atoms with Gasteiger partial charge in [-0.05, 0) is 31.2 Å². The lowest BCUT2D eigenvalue weighted by molar-refractivity contribution is -0.137. The van der Waals surface area contributed by atoms with Crippen LogP contribution in [0.2, 0.25) is 0 Å². The molecule has 1 aliphatic heterocycles. The highest BCUT2D eigenvalue weighted by molar-refractivity contribution is 6.03. The minimum absolute atomic E-state index is 0.0368. The molecule has 3 N–H and O–H groups in total. The van der Waals surface area contributed by atoms with Gasteiger partial charge in [0.15, 0.2) is 5.96 Å². The first-order valence-corrected chi connectivity index (χ1v) is 8.42. The van der Waals surface area contributed by atoms with Crippen molar-refractivity contribution in [1.29, 1.82) is 0 Å². The number of rotatable bonds is 3. The molecule has 0 spiro atoms. The maximum atomic E-state index is 12.6. The summed E-state index contributed by atoms with van der Waals surface area (Å²) in [5.41, 5.74) is 4.37. The third-order valence-corrected chi connectivity index (χ3v) is 4.47. The third-order valence-electron chi connectivity index (χ3n) is 4.47. The van der Waals surface area contributed by atoms with E-state index in [1.807, 2.05) is 0 Å². The molecule has 0 bridgehead atoms. The highest BCUT2D eigenvalue weighted by Gasteiger charge is 2.37. The van der Waals surface area contributed by atoms with Gasteiger partial charge in [-0.3, -0.25) is 24.5 Å². The Hall–Kier alpha value is -3.50. The van der Waals surface area contributed by atoms with Gasteiger partial charge in [0.2, 0.25) is 5.91 Å². The van der Waals surface area contributed by atoms with Gasteiger partial charge in [0.1, 0.15) is 11.2 Å². The van der Waals surface area contributed by atoms with Crippen LogP contribution in [-0.4, -0.2) is 39.7 Å². The maximum Gasteiger partial charge on any atom is 0.417 e. The number of nitrogens with two attached hydrogens (primary N) is 1. The molecule has 1 aliphatic rings. The average Bonchev–Trinajstić information content (AvgIpc) is 2.66. The molecular weight excluding hydrogens is 389 g/mol. The van der Waals surface area contributed by atoms with E-state index in [4.69, 9.17) is 5.73 Å². The van der Waals surface area contributed by atoms with Gasteiger partial charge in [0.25, 0.3) is 5.91 Å². The number of pyridine rings is 2. The van der Waals surface area contributed by atoms with Crippen LogP contribution in [0.3, 0.4) is 0 Å². The molecule has 8 nitrogen and oxygen atoms in total. The van der Waals surface area contributed by atoms with E-state index in [0.717, 1.165) is 12.1 Å². The summed E-state index contributed by atoms with van der Waals surface area (Å²) in [7, 11) is 1.52. The van der Waals surface area contributed by atoms with Gasteiger partial charge in [-0.25, -0.2) is 4.99 Å². The zero-order valence-corrected chi connectivity index (χ0v) is 15.5. The zero-order valence-electron chi connectivity index (χ0n) is 15.5. The Morgan fingerprint density at radius 2 is 2.00 bits per heavy atom. The first-order valence-electron chi connectivity index (χ1n) is 8.42. The van der Waals surface area contributed by atoms with Gasteiger partial charge < -0.3 is 11.1 Å². The normalized spacial score (nSPS) is 19.7. The fourth-order valence-corrected chi connectivity index (χ4v) is 2.75. The minimum Gasteiger partial charge on any atom is -0.369 e. The van der Waals surface area contributed by atoms with Crippen LogP contribution in [0.15, 0.2) is 41.7 Å². The van der Waals surface area contributed by atoms with Crippen LogP contribution >= 0.6 is 0 Å². The number of aliphatic imine (C=N–C) groups is 1. The van der Waals surface area contributed by atoms with E-state index in [0.29, 0.717) is 17.6 Å². The van der Waals surface area contributed by atoms with Crippen molar-refractivity contribution in [2.24, 2.45) is 10.7 Å². The molecule has 3 rings (SSSR count). The highest BCUT2D eigenvalue weighted by Crippen LogP contribution is 2.32. The van der Waals surface area contributed by atoms with Gasteiger partial charge >= 0.3 is 6.18 Å². The number of carbonyl (C=O) groups is 2. The molecule has 0 saturated carbocycles.